The van der Waals surface area contributed by atoms with Gasteiger partial charge in [0.15, 0.2) is 0 Å². The van der Waals surface area contributed by atoms with E-state index in [0.717, 1.165) is 36.7 Å². The molecule has 1 atom stereocenters. The summed E-state index contributed by atoms with van der Waals surface area (Å²) in [5, 5.41) is 8.98. The number of morpholine rings is 1. The van der Waals surface area contributed by atoms with Crippen molar-refractivity contribution in [1.82, 2.24) is 9.88 Å². The van der Waals surface area contributed by atoms with Crippen molar-refractivity contribution in [3.05, 3.63) is 59.3 Å². The molecule has 1 fully saturated rings. The Balaban J connectivity index is 1.66. The molecule has 0 radical (unpaired) electrons. The number of hydrogen-bond donors (Lipinski definition) is 1. The van der Waals surface area contributed by atoms with E-state index in [2.05, 4.69) is 9.88 Å². The van der Waals surface area contributed by atoms with Gasteiger partial charge in [-0.2, -0.15) is 0 Å². The smallest absolute Gasteiger partial charge is 0.335 e. The summed E-state index contributed by atoms with van der Waals surface area (Å²) in [5.41, 5.74) is 2.35. The van der Waals surface area contributed by atoms with Crippen molar-refractivity contribution in [2.45, 2.75) is 12.6 Å². The van der Waals surface area contributed by atoms with Crippen LogP contribution in [-0.4, -0.2) is 54.8 Å². The Hall–Kier alpha value is -2.44. The minimum Gasteiger partial charge on any atom is -0.478 e. The zero-order valence-corrected chi connectivity index (χ0v) is 14.6. The van der Waals surface area contributed by atoms with Gasteiger partial charge in [0.05, 0.1) is 17.9 Å². The SMILES string of the molecule is CN(C)c1cccc([C@H]2CN(Cc3ccc(C(=O)O)cc3)CCO2)n1. The number of anilines is 1. The number of nitrogens with zero attached hydrogens (tertiary/aromatic N) is 3. The first-order valence-electron chi connectivity index (χ1n) is 8.33. The van der Waals surface area contributed by atoms with Crippen LogP contribution < -0.4 is 4.90 Å². The van der Waals surface area contributed by atoms with Crippen molar-refractivity contribution in [3.63, 3.8) is 0 Å². The lowest BCUT2D eigenvalue weighted by Gasteiger charge is -2.33. The number of pyridine rings is 1. The molecule has 1 aliphatic rings. The first-order valence-corrected chi connectivity index (χ1v) is 8.33. The molecule has 25 heavy (non-hydrogen) atoms. The van der Waals surface area contributed by atoms with Crippen molar-refractivity contribution in [2.75, 3.05) is 38.7 Å². The molecule has 6 nitrogen and oxygen atoms in total. The summed E-state index contributed by atoms with van der Waals surface area (Å²) in [6.45, 7) is 3.05. The Morgan fingerprint density at radius 2 is 2.04 bits per heavy atom. The molecule has 0 saturated carbocycles. The number of carboxylic acid groups (broad SMARTS) is 1. The summed E-state index contributed by atoms with van der Waals surface area (Å²) < 4.78 is 5.92. The van der Waals surface area contributed by atoms with Crippen LogP contribution >= 0.6 is 0 Å². The molecular formula is C19H23N3O3. The fourth-order valence-corrected chi connectivity index (χ4v) is 2.90. The molecule has 0 aliphatic carbocycles. The van der Waals surface area contributed by atoms with Crippen molar-refractivity contribution < 1.29 is 14.6 Å². The van der Waals surface area contributed by atoms with Gasteiger partial charge in [-0.15, -0.1) is 0 Å². The standard InChI is InChI=1S/C19H23N3O3/c1-21(2)18-5-3-4-16(20-18)17-13-22(10-11-25-17)12-14-6-8-15(9-7-14)19(23)24/h3-9,17H,10-13H2,1-2H3,(H,23,24)/t17-/m1/s1. The van der Waals surface area contributed by atoms with Gasteiger partial charge < -0.3 is 14.7 Å². The van der Waals surface area contributed by atoms with Crippen molar-refractivity contribution >= 4 is 11.8 Å². The maximum absolute atomic E-state index is 10.9. The number of carboxylic acids is 1. The summed E-state index contributed by atoms with van der Waals surface area (Å²) in [6, 6.07) is 13.0. The number of carbonyl (C=O) groups is 1. The van der Waals surface area contributed by atoms with Gasteiger partial charge in [-0.3, -0.25) is 4.90 Å². The molecule has 0 amide bonds. The molecule has 1 aromatic carbocycles. The zero-order chi connectivity index (χ0) is 17.8. The van der Waals surface area contributed by atoms with Gasteiger partial charge in [0, 0.05) is 33.7 Å². The molecular weight excluding hydrogens is 318 g/mol. The first-order chi connectivity index (χ1) is 12.0. The minimum atomic E-state index is -0.898. The summed E-state index contributed by atoms with van der Waals surface area (Å²) in [7, 11) is 3.95. The molecule has 2 aromatic rings. The van der Waals surface area contributed by atoms with Crippen LogP contribution in [0.2, 0.25) is 0 Å². The lowest BCUT2D eigenvalue weighted by atomic mass is 10.1. The number of aromatic nitrogens is 1. The largest absolute Gasteiger partial charge is 0.478 e. The van der Waals surface area contributed by atoms with Crippen LogP contribution in [0.1, 0.15) is 27.7 Å². The van der Waals surface area contributed by atoms with Crippen LogP contribution in [0, 0.1) is 0 Å². The van der Waals surface area contributed by atoms with Crippen molar-refractivity contribution in [3.8, 4) is 0 Å². The predicted octanol–water partition coefficient (Wildman–Crippen LogP) is 2.42. The number of aromatic carboxylic acids is 1. The molecule has 0 spiro atoms. The topological polar surface area (TPSA) is 65.9 Å². The van der Waals surface area contributed by atoms with Crippen molar-refractivity contribution in [2.24, 2.45) is 0 Å². The van der Waals surface area contributed by atoms with Crippen LogP contribution in [-0.2, 0) is 11.3 Å². The monoisotopic (exact) mass is 341 g/mol. The van der Waals surface area contributed by atoms with Gasteiger partial charge in [0.2, 0.25) is 0 Å². The molecule has 3 rings (SSSR count). The fraction of sp³-hybridized carbons (Fsp3) is 0.368. The molecule has 1 aliphatic heterocycles. The van der Waals surface area contributed by atoms with E-state index in [9.17, 15) is 4.79 Å². The third-order valence-electron chi connectivity index (χ3n) is 4.30. The number of hydrogen-bond acceptors (Lipinski definition) is 5. The van der Waals surface area contributed by atoms with E-state index in [-0.39, 0.29) is 6.10 Å². The Labute approximate surface area is 147 Å². The van der Waals surface area contributed by atoms with Crippen LogP contribution in [0.4, 0.5) is 5.82 Å². The highest BCUT2D eigenvalue weighted by Gasteiger charge is 2.23. The molecule has 1 N–H and O–H groups in total. The fourth-order valence-electron chi connectivity index (χ4n) is 2.90. The second-order valence-corrected chi connectivity index (χ2v) is 6.41. The lowest BCUT2D eigenvalue weighted by molar-refractivity contribution is -0.0349. The van der Waals surface area contributed by atoms with E-state index in [1.165, 1.54) is 0 Å². The molecule has 1 aromatic heterocycles. The molecule has 2 heterocycles. The maximum atomic E-state index is 10.9. The van der Waals surface area contributed by atoms with Crippen LogP contribution in [0.25, 0.3) is 0 Å². The van der Waals surface area contributed by atoms with E-state index in [1.807, 2.05) is 49.3 Å². The van der Waals surface area contributed by atoms with Gasteiger partial charge in [-0.1, -0.05) is 18.2 Å². The third kappa shape index (κ3) is 4.35. The highest BCUT2D eigenvalue weighted by molar-refractivity contribution is 5.87. The normalized spacial score (nSPS) is 18.1. The Bertz CT molecular complexity index is 731. The summed E-state index contributed by atoms with van der Waals surface area (Å²) in [5.74, 6) is 0.0207. The van der Waals surface area contributed by atoms with Gasteiger partial charge >= 0.3 is 5.97 Å². The Morgan fingerprint density at radius 3 is 2.72 bits per heavy atom. The second-order valence-electron chi connectivity index (χ2n) is 6.41. The van der Waals surface area contributed by atoms with Gasteiger partial charge in [-0.25, -0.2) is 9.78 Å². The average molecular weight is 341 g/mol. The van der Waals surface area contributed by atoms with E-state index in [4.69, 9.17) is 9.84 Å². The summed E-state index contributed by atoms with van der Waals surface area (Å²) >= 11 is 0. The van der Waals surface area contributed by atoms with Gasteiger partial charge in [0.1, 0.15) is 11.9 Å². The van der Waals surface area contributed by atoms with Gasteiger partial charge in [-0.05, 0) is 29.8 Å². The average Bonchev–Trinajstić information content (AvgIpc) is 2.62. The third-order valence-corrected chi connectivity index (χ3v) is 4.30. The highest BCUT2D eigenvalue weighted by atomic mass is 16.5. The number of benzene rings is 1. The molecule has 0 bridgehead atoms. The summed E-state index contributed by atoms with van der Waals surface area (Å²) in [4.78, 5) is 19.9. The van der Waals surface area contributed by atoms with Crippen LogP contribution in [0.5, 0.6) is 0 Å². The molecule has 132 valence electrons. The predicted molar refractivity (Wildman–Crippen MR) is 95.9 cm³/mol. The maximum Gasteiger partial charge on any atom is 0.335 e. The minimum absolute atomic E-state index is 0.0491. The second kappa shape index (κ2) is 7.63. The quantitative estimate of drug-likeness (QED) is 0.901. The zero-order valence-electron chi connectivity index (χ0n) is 14.6. The lowest BCUT2D eigenvalue weighted by Crippen LogP contribution is -2.38. The van der Waals surface area contributed by atoms with Crippen LogP contribution in [0.15, 0.2) is 42.5 Å². The van der Waals surface area contributed by atoms with Gasteiger partial charge in [0.25, 0.3) is 0 Å². The molecule has 1 saturated heterocycles. The summed E-state index contributed by atoms with van der Waals surface area (Å²) in [6.07, 6.45) is -0.0491. The Kier molecular flexibility index (Phi) is 5.31. The van der Waals surface area contributed by atoms with Crippen molar-refractivity contribution in [1.29, 1.82) is 0 Å². The van der Waals surface area contributed by atoms with E-state index in [0.29, 0.717) is 12.2 Å². The van der Waals surface area contributed by atoms with E-state index < -0.39 is 5.97 Å². The van der Waals surface area contributed by atoms with Crippen LogP contribution in [0.3, 0.4) is 0 Å². The number of rotatable bonds is 5. The molecule has 6 heteroatoms. The Morgan fingerprint density at radius 1 is 1.28 bits per heavy atom. The van der Waals surface area contributed by atoms with E-state index in [1.54, 1.807) is 12.1 Å². The highest BCUT2D eigenvalue weighted by Crippen LogP contribution is 2.23. The first kappa shape index (κ1) is 17.4. The van der Waals surface area contributed by atoms with E-state index >= 15 is 0 Å². The molecule has 0 unspecified atom stereocenters. The number of ether oxygens (including phenoxy) is 1.